The van der Waals surface area contributed by atoms with Crippen molar-refractivity contribution in [1.29, 1.82) is 0 Å². The van der Waals surface area contributed by atoms with Gasteiger partial charge in [-0.1, -0.05) is 41.5 Å². The Morgan fingerprint density at radius 2 is 1.73 bits per heavy atom. The number of nitrogens with one attached hydrogen (secondary N) is 1. The van der Waals surface area contributed by atoms with Gasteiger partial charge < -0.3 is 25.0 Å². The molecule has 0 aliphatic carbocycles. The zero-order chi connectivity index (χ0) is 19.7. The highest BCUT2D eigenvalue weighted by Crippen LogP contribution is 2.41. The molecule has 1 aliphatic heterocycles. The summed E-state index contributed by atoms with van der Waals surface area (Å²) in [5.74, 6) is 0.492. The van der Waals surface area contributed by atoms with Crippen LogP contribution < -0.4 is 10.1 Å². The molecular formula is C20H31NO5. The first-order chi connectivity index (χ1) is 11.9. The zero-order valence-electron chi connectivity index (χ0n) is 16.5. The van der Waals surface area contributed by atoms with Crippen molar-refractivity contribution in [1.82, 2.24) is 5.32 Å². The van der Waals surface area contributed by atoms with Crippen molar-refractivity contribution in [3.63, 3.8) is 0 Å². The second-order valence-electron chi connectivity index (χ2n) is 8.88. The normalized spacial score (nSPS) is 20.9. The molecule has 2 rings (SSSR count). The third kappa shape index (κ3) is 4.89. The van der Waals surface area contributed by atoms with Crippen LogP contribution in [0.1, 0.15) is 59.1 Å². The van der Waals surface area contributed by atoms with Gasteiger partial charge in [0.05, 0.1) is 12.6 Å². The molecule has 1 amide bonds. The largest absolute Gasteiger partial charge is 0.507 e. The third-order valence-electron chi connectivity index (χ3n) is 4.48. The molecule has 0 aromatic heterocycles. The van der Waals surface area contributed by atoms with Crippen LogP contribution in [0.4, 0.5) is 0 Å². The van der Waals surface area contributed by atoms with Crippen LogP contribution in [-0.4, -0.2) is 41.7 Å². The van der Waals surface area contributed by atoms with E-state index in [0.717, 1.165) is 11.1 Å². The predicted octanol–water partition coefficient (Wildman–Crippen LogP) is 2.59. The van der Waals surface area contributed by atoms with E-state index < -0.39 is 12.3 Å². The van der Waals surface area contributed by atoms with E-state index >= 15 is 0 Å². The number of benzene rings is 1. The van der Waals surface area contributed by atoms with Crippen molar-refractivity contribution in [3.05, 3.63) is 23.3 Å². The predicted molar refractivity (Wildman–Crippen MR) is 99.5 cm³/mol. The van der Waals surface area contributed by atoms with Crippen LogP contribution in [-0.2, 0) is 20.4 Å². The number of hydrogen-bond acceptors (Lipinski definition) is 5. The molecule has 1 aromatic rings. The molecular weight excluding hydrogens is 334 g/mol. The molecule has 6 nitrogen and oxygen atoms in total. The van der Waals surface area contributed by atoms with Crippen molar-refractivity contribution in [3.8, 4) is 11.5 Å². The van der Waals surface area contributed by atoms with Gasteiger partial charge in [-0.2, -0.15) is 0 Å². The number of hydrogen-bond donors (Lipinski definition) is 3. The third-order valence-corrected chi connectivity index (χ3v) is 4.48. The number of phenols is 1. The second-order valence-corrected chi connectivity index (χ2v) is 8.88. The van der Waals surface area contributed by atoms with E-state index in [4.69, 9.17) is 9.47 Å². The van der Waals surface area contributed by atoms with E-state index in [1.165, 1.54) is 0 Å². The summed E-state index contributed by atoms with van der Waals surface area (Å²) in [5, 5.41) is 23.0. The van der Waals surface area contributed by atoms with E-state index in [9.17, 15) is 15.0 Å². The van der Waals surface area contributed by atoms with Gasteiger partial charge in [0.2, 0.25) is 0 Å². The van der Waals surface area contributed by atoms with Crippen molar-refractivity contribution in [2.75, 3.05) is 13.2 Å². The first-order valence-electron chi connectivity index (χ1n) is 8.99. The first kappa shape index (κ1) is 20.5. The topological polar surface area (TPSA) is 88.0 Å². The van der Waals surface area contributed by atoms with Crippen molar-refractivity contribution >= 4 is 5.91 Å². The van der Waals surface area contributed by atoms with Gasteiger partial charge in [-0.25, -0.2) is 0 Å². The molecule has 1 unspecified atom stereocenters. The lowest BCUT2D eigenvalue weighted by atomic mass is 9.79. The molecule has 1 heterocycles. The Kier molecular flexibility index (Phi) is 5.88. The lowest BCUT2D eigenvalue weighted by Crippen LogP contribution is -2.42. The summed E-state index contributed by atoms with van der Waals surface area (Å²) in [6.45, 7) is 12.4. The summed E-state index contributed by atoms with van der Waals surface area (Å²) in [5.41, 5.74) is 1.02. The average molecular weight is 365 g/mol. The van der Waals surface area contributed by atoms with Crippen molar-refractivity contribution in [2.45, 2.75) is 71.1 Å². The first-order valence-corrected chi connectivity index (χ1v) is 8.99. The maximum atomic E-state index is 12.1. The van der Waals surface area contributed by atoms with Crippen LogP contribution in [0.25, 0.3) is 0 Å². The number of ether oxygens (including phenoxy) is 2. The number of carbonyl (C=O) groups excluding carboxylic acids is 1. The Balaban J connectivity index is 2.17. The number of carbonyl (C=O) groups is 1. The summed E-state index contributed by atoms with van der Waals surface area (Å²) in [4.78, 5) is 12.1. The lowest BCUT2D eigenvalue weighted by molar-refractivity contribution is -0.127. The molecule has 1 fully saturated rings. The van der Waals surface area contributed by atoms with Gasteiger partial charge in [0.25, 0.3) is 5.91 Å². The Hall–Kier alpha value is -1.79. The number of aliphatic hydroxyl groups excluding tert-OH is 1. The Morgan fingerprint density at radius 3 is 2.15 bits per heavy atom. The molecule has 0 radical (unpaired) electrons. The molecule has 3 N–H and O–H groups in total. The molecule has 6 heteroatoms. The van der Waals surface area contributed by atoms with Crippen LogP contribution in [0.5, 0.6) is 11.5 Å². The number of aliphatic hydroxyl groups is 1. The summed E-state index contributed by atoms with van der Waals surface area (Å²) < 4.78 is 10.7. The molecule has 146 valence electrons. The minimum absolute atomic E-state index is 0.166. The monoisotopic (exact) mass is 365 g/mol. The molecule has 1 aromatic carbocycles. The fraction of sp³-hybridized carbons (Fsp3) is 0.650. The Labute approximate surface area is 155 Å². The minimum atomic E-state index is -0.965. The summed E-state index contributed by atoms with van der Waals surface area (Å²) in [6.07, 6.45) is -0.387. The van der Waals surface area contributed by atoms with Gasteiger partial charge in [-0.05, 0) is 29.4 Å². The van der Waals surface area contributed by atoms with E-state index in [1.54, 1.807) is 12.1 Å². The number of rotatable bonds is 4. The van der Waals surface area contributed by atoms with Crippen molar-refractivity contribution in [2.24, 2.45) is 0 Å². The van der Waals surface area contributed by atoms with Gasteiger partial charge in [-0.15, -0.1) is 0 Å². The van der Waals surface area contributed by atoms with Crippen molar-refractivity contribution < 1.29 is 24.5 Å². The molecule has 1 saturated heterocycles. The van der Waals surface area contributed by atoms with Gasteiger partial charge >= 0.3 is 0 Å². The quantitative estimate of drug-likeness (QED) is 0.763. The molecule has 0 saturated carbocycles. The van der Waals surface area contributed by atoms with E-state index in [1.807, 2.05) is 41.5 Å². The van der Waals surface area contributed by atoms with Crippen LogP contribution in [0.3, 0.4) is 0 Å². The summed E-state index contributed by atoms with van der Waals surface area (Å²) >= 11 is 0. The fourth-order valence-electron chi connectivity index (χ4n) is 2.95. The Morgan fingerprint density at radius 1 is 1.19 bits per heavy atom. The molecule has 0 bridgehead atoms. The van der Waals surface area contributed by atoms with Crippen LogP contribution in [0.2, 0.25) is 0 Å². The number of aromatic hydroxyl groups is 1. The molecule has 26 heavy (non-hydrogen) atoms. The van der Waals surface area contributed by atoms with Gasteiger partial charge in [0.15, 0.2) is 12.9 Å². The zero-order valence-corrected chi connectivity index (χ0v) is 16.5. The highest BCUT2D eigenvalue weighted by atomic mass is 16.6. The van der Waals surface area contributed by atoms with Gasteiger partial charge in [0.1, 0.15) is 11.5 Å². The average Bonchev–Trinajstić information content (AvgIpc) is 2.89. The maximum absolute atomic E-state index is 12.1. The summed E-state index contributed by atoms with van der Waals surface area (Å²) in [7, 11) is 0. The fourth-order valence-corrected chi connectivity index (χ4v) is 2.95. The molecule has 0 spiro atoms. The highest BCUT2D eigenvalue weighted by molar-refractivity contribution is 5.78. The summed E-state index contributed by atoms with van der Waals surface area (Å²) in [6, 6.07) is 3.16. The number of amides is 1. The second kappa shape index (κ2) is 7.45. The number of phenolic OH excluding ortho intramolecular Hbond substituents is 1. The highest BCUT2D eigenvalue weighted by Gasteiger charge is 2.29. The van der Waals surface area contributed by atoms with E-state index in [0.29, 0.717) is 18.8 Å². The molecule has 2 atom stereocenters. The lowest BCUT2D eigenvalue weighted by Gasteiger charge is -2.28. The minimum Gasteiger partial charge on any atom is -0.507 e. The van der Waals surface area contributed by atoms with Gasteiger partial charge in [-0.3, -0.25) is 4.79 Å². The van der Waals surface area contributed by atoms with Crippen LogP contribution in [0, 0.1) is 0 Å². The Bertz CT molecular complexity index is 622. The van der Waals surface area contributed by atoms with E-state index in [2.05, 4.69) is 5.32 Å². The van der Waals surface area contributed by atoms with Gasteiger partial charge in [0, 0.05) is 11.1 Å². The SMILES string of the molecule is CC(C)(C)c1cc(OCC(=O)N[C@H]2CCOC2O)cc(C(C)(C)C)c1O. The van der Waals surface area contributed by atoms with Crippen LogP contribution in [0.15, 0.2) is 12.1 Å². The van der Waals surface area contributed by atoms with Crippen LogP contribution >= 0.6 is 0 Å². The molecule has 1 aliphatic rings. The van der Waals surface area contributed by atoms with E-state index in [-0.39, 0.29) is 29.1 Å². The standard InChI is InChI=1S/C20H31NO5/c1-19(2,3)13-9-12(10-14(17(13)23)20(4,5)6)26-11-16(22)21-15-7-8-25-18(15)24/h9-10,15,18,23-24H,7-8,11H2,1-6H3,(H,21,22)/t15-,18?/m0/s1. The maximum Gasteiger partial charge on any atom is 0.258 e. The smallest absolute Gasteiger partial charge is 0.258 e.